The maximum atomic E-state index is 6.36. The van der Waals surface area contributed by atoms with Crippen LogP contribution in [-0.4, -0.2) is 7.05 Å². The van der Waals surface area contributed by atoms with E-state index in [1.807, 2.05) is 19.2 Å². The molecule has 0 spiro atoms. The van der Waals surface area contributed by atoms with Gasteiger partial charge in [0.25, 0.3) is 0 Å². The zero-order valence-electron chi connectivity index (χ0n) is 11.3. The van der Waals surface area contributed by atoms with E-state index in [-0.39, 0.29) is 6.04 Å². The minimum Gasteiger partial charge on any atom is -0.309 e. The van der Waals surface area contributed by atoms with Crippen LogP contribution in [0.15, 0.2) is 40.9 Å². The van der Waals surface area contributed by atoms with E-state index in [0.29, 0.717) is 0 Å². The summed E-state index contributed by atoms with van der Waals surface area (Å²) in [5.74, 6) is 0. The SMILES string of the molecule is CNC(c1cc(C)cc(C)c1)c1ccc(Br)cc1Cl. The molecule has 0 aliphatic rings. The molecule has 1 unspecified atom stereocenters. The minimum atomic E-state index is 0.110. The van der Waals surface area contributed by atoms with Crippen molar-refractivity contribution in [3.8, 4) is 0 Å². The van der Waals surface area contributed by atoms with Crippen molar-refractivity contribution >= 4 is 27.5 Å². The average molecular weight is 339 g/mol. The van der Waals surface area contributed by atoms with E-state index in [0.717, 1.165) is 15.1 Å². The van der Waals surface area contributed by atoms with Crippen LogP contribution in [0.4, 0.5) is 0 Å². The van der Waals surface area contributed by atoms with Gasteiger partial charge in [0.15, 0.2) is 0 Å². The lowest BCUT2D eigenvalue weighted by Gasteiger charge is -2.20. The van der Waals surface area contributed by atoms with Crippen LogP contribution in [0.2, 0.25) is 5.02 Å². The van der Waals surface area contributed by atoms with Crippen LogP contribution in [0.1, 0.15) is 28.3 Å². The fourth-order valence-corrected chi connectivity index (χ4v) is 3.20. The molecular formula is C16H17BrClN. The summed E-state index contributed by atoms with van der Waals surface area (Å²) in [6.45, 7) is 4.23. The number of aryl methyl sites for hydroxylation is 2. The molecule has 0 radical (unpaired) electrons. The number of benzene rings is 2. The Morgan fingerprint density at radius 3 is 2.21 bits per heavy atom. The normalized spacial score (nSPS) is 12.5. The molecule has 3 heteroatoms. The Kier molecular flexibility index (Phi) is 4.67. The van der Waals surface area contributed by atoms with Gasteiger partial charge in [0.2, 0.25) is 0 Å². The van der Waals surface area contributed by atoms with Gasteiger partial charge >= 0.3 is 0 Å². The molecule has 1 N–H and O–H groups in total. The van der Waals surface area contributed by atoms with Gasteiger partial charge in [-0.2, -0.15) is 0 Å². The summed E-state index contributed by atoms with van der Waals surface area (Å²) < 4.78 is 0.997. The first-order valence-electron chi connectivity index (χ1n) is 6.21. The van der Waals surface area contributed by atoms with Crippen LogP contribution in [0, 0.1) is 13.8 Å². The maximum absolute atomic E-state index is 6.36. The highest BCUT2D eigenvalue weighted by Gasteiger charge is 2.15. The Hall–Kier alpha value is -0.830. The zero-order chi connectivity index (χ0) is 14.0. The molecular weight excluding hydrogens is 322 g/mol. The number of rotatable bonds is 3. The average Bonchev–Trinajstić information content (AvgIpc) is 2.31. The Morgan fingerprint density at radius 1 is 1.05 bits per heavy atom. The van der Waals surface area contributed by atoms with Crippen molar-refractivity contribution in [1.82, 2.24) is 5.32 Å². The maximum Gasteiger partial charge on any atom is 0.0589 e. The quantitative estimate of drug-likeness (QED) is 0.828. The van der Waals surface area contributed by atoms with Crippen molar-refractivity contribution in [2.45, 2.75) is 19.9 Å². The third-order valence-corrected chi connectivity index (χ3v) is 3.96. The van der Waals surface area contributed by atoms with Crippen LogP contribution in [0.3, 0.4) is 0 Å². The predicted octanol–water partition coefficient (Wildman–Crippen LogP) is 5.03. The van der Waals surface area contributed by atoms with E-state index in [9.17, 15) is 0 Å². The van der Waals surface area contributed by atoms with E-state index >= 15 is 0 Å². The second kappa shape index (κ2) is 6.08. The molecule has 1 atom stereocenters. The molecule has 2 aromatic rings. The first-order valence-corrected chi connectivity index (χ1v) is 7.39. The molecule has 0 heterocycles. The Labute approximate surface area is 128 Å². The third-order valence-electron chi connectivity index (χ3n) is 3.14. The van der Waals surface area contributed by atoms with Gasteiger partial charge in [-0.15, -0.1) is 0 Å². The molecule has 0 aromatic heterocycles. The Balaban J connectivity index is 2.49. The molecule has 0 aliphatic carbocycles. The van der Waals surface area contributed by atoms with Gasteiger partial charge in [0, 0.05) is 9.50 Å². The standard InChI is InChI=1S/C16H17BrClN/c1-10-6-11(2)8-12(7-10)16(19-3)14-5-4-13(17)9-15(14)18/h4-9,16,19H,1-3H3. The van der Waals surface area contributed by atoms with Crippen molar-refractivity contribution in [2.75, 3.05) is 7.05 Å². The molecule has 0 fully saturated rings. The summed E-state index contributed by atoms with van der Waals surface area (Å²) >= 11 is 9.80. The first kappa shape index (κ1) is 14.6. The van der Waals surface area contributed by atoms with Crippen molar-refractivity contribution in [3.63, 3.8) is 0 Å². The highest BCUT2D eigenvalue weighted by atomic mass is 79.9. The van der Waals surface area contributed by atoms with Crippen molar-refractivity contribution in [2.24, 2.45) is 0 Å². The summed E-state index contributed by atoms with van der Waals surface area (Å²) in [6, 6.07) is 12.7. The third kappa shape index (κ3) is 3.38. The number of halogens is 2. The van der Waals surface area contributed by atoms with Crippen LogP contribution in [0.5, 0.6) is 0 Å². The van der Waals surface area contributed by atoms with E-state index in [4.69, 9.17) is 11.6 Å². The zero-order valence-corrected chi connectivity index (χ0v) is 13.6. The van der Waals surface area contributed by atoms with E-state index in [1.54, 1.807) is 0 Å². The Bertz CT molecular complexity index is 575. The fourth-order valence-electron chi connectivity index (χ4n) is 2.41. The van der Waals surface area contributed by atoms with Gasteiger partial charge in [-0.05, 0) is 44.2 Å². The lowest BCUT2D eigenvalue weighted by molar-refractivity contribution is 0.690. The monoisotopic (exact) mass is 337 g/mol. The molecule has 100 valence electrons. The number of hydrogen-bond acceptors (Lipinski definition) is 1. The molecule has 2 rings (SSSR count). The largest absolute Gasteiger partial charge is 0.309 e. The van der Waals surface area contributed by atoms with Gasteiger partial charge in [0.1, 0.15) is 0 Å². The van der Waals surface area contributed by atoms with Crippen molar-refractivity contribution in [3.05, 3.63) is 68.1 Å². The molecule has 0 saturated heterocycles. The topological polar surface area (TPSA) is 12.0 Å². The highest BCUT2D eigenvalue weighted by Crippen LogP contribution is 2.31. The number of hydrogen-bond donors (Lipinski definition) is 1. The van der Waals surface area contributed by atoms with Gasteiger partial charge < -0.3 is 5.32 Å². The smallest absolute Gasteiger partial charge is 0.0589 e. The molecule has 19 heavy (non-hydrogen) atoms. The van der Waals surface area contributed by atoms with Gasteiger partial charge in [-0.1, -0.05) is 62.9 Å². The first-order chi connectivity index (χ1) is 9.01. The molecule has 0 bridgehead atoms. The summed E-state index contributed by atoms with van der Waals surface area (Å²) in [5, 5.41) is 4.12. The lowest BCUT2D eigenvalue weighted by Crippen LogP contribution is -2.18. The Morgan fingerprint density at radius 2 is 1.68 bits per heavy atom. The molecule has 0 saturated carbocycles. The second-order valence-corrected chi connectivity index (χ2v) is 6.13. The highest BCUT2D eigenvalue weighted by molar-refractivity contribution is 9.10. The molecule has 0 amide bonds. The van der Waals surface area contributed by atoms with Crippen LogP contribution in [0.25, 0.3) is 0 Å². The summed E-state index contributed by atoms with van der Waals surface area (Å²) in [6.07, 6.45) is 0. The summed E-state index contributed by atoms with van der Waals surface area (Å²) in [5.41, 5.74) is 4.87. The second-order valence-electron chi connectivity index (χ2n) is 4.81. The molecule has 2 aromatic carbocycles. The van der Waals surface area contributed by atoms with E-state index in [2.05, 4.69) is 59.4 Å². The molecule has 0 aliphatic heterocycles. The van der Waals surface area contributed by atoms with Crippen LogP contribution in [-0.2, 0) is 0 Å². The van der Waals surface area contributed by atoms with Gasteiger partial charge in [0.05, 0.1) is 6.04 Å². The van der Waals surface area contributed by atoms with Crippen molar-refractivity contribution < 1.29 is 0 Å². The van der Waals surface area contributed by atoms with Crippen molar-refractivity contribution in [1.29, 1.82) is 0 Å². The molecule has 1 nitrogen and oxygen atoms in total. The predicted molar refractivity (Wildman–Crippen MR) is 86.0 cm³/mol. The van der Waals surface area contributed by atoms with E-state index < -0.39 is 0 Å². The number of nitrogens with one attached hydrogen (secondary N) is 1. The van der Waals surface area contributed by atoms with Gasteiger partial charge in [-0.3, -0.25) is 0 Å². The lowest BCUT2D eigenvalue weighted by atomic mass is 9.96. The van der Waals surface area contributed by atoms with Crippen LogP contribution >= 0.6 is 27.5 Å². The fraction of sp³-hybridized carbons (Fsp3) is 0.250. The summed E-state index contributed by atoms with van der Waals surface area (Å²) in [7, 11) is 1.96. The summed E-state index contributed by atoms with van der Waals surface area (Å²) in [4.78, 5) is 0. The van der Waals surface area contributed by atoms with Crippen LogP contribution < -0.4 is 5.32 Å². The van der Waals surface area contributed by atoms with E-state index in [1.165, 1.54) is 16.7 Å². The van der Waals surface area contributed by atoms with Gasteiger partial charge in [-0.25, -0.2) is 0 Å². The minimum absolute atomic E-state index is 0.110.